The van der Waals surface area contributed by atoms with E-state index in [4.69, 9.17) is 10.2 Å². The highest BCUT2D eigenvalue weighted by Crippen LogP contribution is 1.92. The minimum atomic E-state index is -0.942. The van der Waals surface area contributed by atoms with Crippen molar-refractivity contribution in [2.24, 2.45) is 0 Å². The van der Waals surface area contributed by atoms with Gasteiger partial charge in [0.25, 0.3) is 0 Å². The summed E-state index contributed by atoms with van der Waals surface area (Å²) in [6.45, 7) is 1.93. The van der Waals surface area contributed by atoms with E-state index in [2.05, 4.69) is 4.98 Å². The van der Waals surface area contributed by atoms with Gasteiger partial charge in [0, 0.05) is 19.0 Å². The number of pyridine rings is 1. The van der Waals surface area contributed by atoms with Crippen molar-refractivity contribution in [1.29, 1.82) is 0 Å². The van der Waals surface area contributed by atoms with Crippen LogP contribution in [0, 0.1) is 0 Å². The van der Waals surface area contributed by atoms with Crippen molar-refractivity contribution in [3.05, 3.63) is 30.1 Å². The Labute approximate surface area is 70.5 Å². The summed E-state index contributed by atoms with van der Waals surface area (Å²) in [7, 11) is 0. The Hall–Kier alpha value is -1.42. The second kappa shape index (κ2) is 6.30. The number of carboxylic acids is 1. The minimum absolute atomic E-state index is 0.220. The summed E-state index contributed by atoms with van der Waals surface area (Å²) in [5.74, 6) is -0.942. The van der Waals surface area contributed by atoms with Crippen LogP contribution >= 0.6 is 0 Å². The number of hydrogen-bond donors (Lipinski definition) is 2. The van der Waals surface area contributed by atoms with Crippen molar-refractivity contribution in [3.63, 3.8) is 0 Å². The lowest BCUT2D eigenvalue weighted by molar-refractivity contribution is 0.0696. The van der Waals surface area contributed by atoms with Crippen LogP contribution in [0.25, 0.3) is 0 Å². The monoisotopic (exact) mass is 169 g/mol. The summed E-state index contributed by atoms with van der Waals surface area (Å²) in [4.78, 5) is 13.8. The van der Waals surface area contributed by atoms with Gasteiger partial charge in [0.15, 0.2) is 0 Å². The Balaban J connectivity index is 0.000000354. The third-order valence-electron chi connectivity index (χ3n) is 0.908. The molecule has 0 fully saturated rings. The molecule has 0 aliphatic rings. The minimum Gasteiger partial charge on any atom is -0.478 e. The number of aromatic nitrogens is 1. The molecule has 1 heterocycles. The summed E-state index contributed by atoms with van der Waals surface area (Å²) >= 11 is 0. The molecule has 0 spiro atoms. The molecular weight excluding hydrogens is 158 g/mol. The van der Waals surface area contributed by atoms with Crippen LogP contribution in [0.5, 0.6) is 0 Å². The number of rotatable bonds is 1. The van der Waals surface area contributed by atoms with E-state index in [-0.39, 0.29) is 12.2 Å². The van der Waals surface area contributed by atoms with Gasteiger partial charge in [-0.1, -0.05) is 0 Å². The van der Waals surface area contributed by atoms with E-state index >= 15 is 0 Å². The molecule has 0 aliphatic carbocycles. The van der Waals surface area contributed by atoms with Crippen molar-refractivity contribution in [2.45, 2.75) is 6.92 Å². The van der Waals surface area contributed by atoms with Gasteiger partial charge in [-0.05, 0) is 19.1 Å². The SMILES string of the molecule is CCO.O=C(O)c1cccnc1. The average Bonchev–Trinajstić information content (AvgIpc) is 2.07. The lowest BCUT2D eigenvalue weighted by Crippen LogP contribution is -1.94. The predicted octanol–water partition coefficient (Wildman–Crippen LogP) is 0.778. The number of hydrogen-bond acceptors (Lipinski definition) is 3. The van der Waals surface area contributed by atoms with Crippen LogP contribution in [-0.2, 0) is 0 Å². The zero-order chi connectivity index (χ0) is 9.40. The Kier molecular flexibility index (Phi) is 5.55. The van der Waals surface area contributed by atoms with Crippen molar-refractivity contribution in [1.82, 2.24) is 4.98 Å². The molecule has 0 radical (unpaired) electrons. The molecule has 12 heavy (non-hydrogen) atoms. The number of aromatic carboxylic acids is 1. The summed E-state index contributed by atoms with van der Waals surface area (Å²) < 4.78 is 0. The van der Waals surface area contributed by atoms with Gasteiger partial charge in [-0.15, -0.1) is 0 Å². The molecular formula is C8H11NO3. The molecule has 1 aromatic rings. The van der Waals surface area contributed by atoms with Crippen LogP contribution in [0.2, 0.25) is 0 Å². The van der Waals surface area contributed by atoms with Crippen LogP contribution in [0.4, 0.5) is 0 Å². The first kappa shape index (κ1) is 10.6. The maximum Gasteiger partial charge on any atom is 0.337 e. The van der Waals surface area contributed by atoms with Crippen LogP contribution in [-0.4, -0.2) is 27.8 Å². The van der Waals surface area contributed by atoms with E-state index in [1.165, 1.54) is 18.5 Å². The van der Waals surface area contributed by atoms with E-state index in [0.717, 1.165) is 0 Å². The molecule has 1 aromatic heterocycles. The highest BCUT2D eigenvalue weighted by Gasteiger charge is 1.97. The van der Waals surface area contributed by atoms with Gasteiger partial charge in [-0.2, -0.15) is 0 Å². The van der Waals surface area contributed by atoms with Crippen LogP contribution in [0.1, 0.15) is 17.3 Å². The molecule has 4 heteroatoms. The Morgan fingerprint density at radius 2 is 2.25 bits per heavy atom. The zero-order valence-electron chi connectivity index (χ0n) is 6.77. The molecule has 0 saturated carbocycles. The topological polar surface area (TPSA) is 70.4 Å². The van der Waals surface area contributed by atoms with Gasteiger partial charge >= 0.3 is 5.97 Å². The fourth-order valence-electron chi connectivity index (χ4n) is 0.489. The van der Waals surface area contributed by atoms with Crippen LogP contribution < -0.4 is 0 Å². The second-order valence-electron chi connectivity index (χ2n) is 1.86. The lowest BCUT2D eigenvalue weighted by atomic mass is 10.3. The second-order valence-corrected chi connectivity index (χ2v) is 1.86. The van der Waals surface area contributed by atoms with Gasteiger partial charge < -0.3 is 10.2 Å². The maximum absolute atomic E-state index is 10.2. The standard InChI is InChI=1S/C6H5NO2.C2H6O/c8-6(9)5-2-1-3-7-4-5;1-2-3/h1-4H,(H,8,9);3H,2H2,1H3. The van der Waals surface area contributed by atoms with E-state index in [1.54, 1.807) is 13.0 Å². The average molecular weight is 169 g/mol. The van der Waals surface area contributed by atoms with E-state index in [0.29, 0.717) is 0 Å². The summed E-state index contributed by atoms with van der Waals surface area (Å²) in [6, 6.07) is 3.08. The van der Waals surface area contributed by atoms with Gasteiger partial charge in [-0.25, -0.2) is 4.79 Å². The molecule has 66 valence electrons. The van der Waals surface area contributed by atoms with Gasteiger partial charge in [0.1, 0.15) is 0 Å². The van der Waals surface area contributed by atoms with Gasteiger partial charge in [0.2, 0.25) is 0 Å². The quantitative estimate of drug-likeness (QED) is 0.651. The maximum atomic E-state index is 10.2. The molecule has 2 N–H and O–H groups in total. The zero-order valence-corrected chi connectivity index (χ0v) is 6.77. The molecule has 4 nitrogen and oxygen atoms in total. The van der Waals surface area contributed by atoms with Gasteiger partial charge in [0.05, 0.1) is 5.56 Å². The number of aliphatic hydroxyl groups excluding tert-OH is 1. The Bertz CT molecular complexity index is 223. The fraction of sp³-hybridized carbons (Fsp3) is 0.250. The van der Waals surface area contributed by atoms with Gasteiger partial charge in [-0.3, -0.25) is 4.98 Å². The third kappa shape index (κ3) is 4.40. The number of carboxylic acid groups (broad SMARTS) is 1. The van der Waals surface area contributed by atoms with E-state index < -0.39 is 5.97 Å². The van der Waals surface area contributed by atoms with Crippen molar-refractivity contribution >= 4 is 5.97 Å². The Morgan fingerprint density at radius 1 is 1.67 bits per heavy atom. The fourth-order valence-corrected chi connectivity index (χ4v) is 0.489. The molecule has 0 aromatic carbocycles. The van der Waals surface area contributed by atoms with E-state index in [9.17, 15) is 4.79 Å². The summed E-state index contributed by atoms with van der Waals surface area (Å²) in [6.07, 6.45) is 2.84. The van der Waals surface area contributed by atoms with Crippen molar-refractivity contribution in [3.8, 4) is 0 Å². The smallest absolute Gasteiger partial charge is 0.337 e. The molecule has 1 rings (SSSR count). The first-order valence-corrected chi connectivity index (χ1v) is 3.46. The highest BCUT2D eigenvalue weighted by atomic mass is 16.4. The lowest BCUT2D eigenvalue weighted by Gasteiger charge is -1.87. The predicted molar refractivity (Wildman–Crippen MR) is 44.0 cm³/mol. The number of carbonyl (C=O) groups is 1. The molecule has 0 unspecified atom stereocenters. The molecule has 0 bridgehead atoms. The molecule has 0 atom stereocenters. The molecule has 0 amide bonds. The third-order valence-corrected chi connectivity index (χ3v) is 0.908. The van der Waals surface area contributed by atoms with Crippen LogP contribution in [0.3, 0.4) is 0 Å². The normalized spacial score (nSPS) is 8.17. The highest BCUT2D eigenvalue weighted by molar-refractivity contribution is 5.86. The first-order valence-electron chi connectivity index (χ1n) is 3.46. The first-order chi connectivity index (χ1) is 5.72. The largest absolute Gasteiger partial charge is 0.478 e. The molecule has 0 saturated heterocycles. The Morgan fingerprint density at radius 3 is 2.50 bits per heavy atom. The van der Waals surface area contributed by atoms with E-state index in [1.807, 2.05) is 0 Å². The molecule has 0 aliphatic heterocycles. The van der Waals surface area contributed by atoms with Crippen molar-refractivity contribution < 1.29 is 15.0 Å². The van der Waals surface area contributed by atoms with Crippen LogP contribution in [0.15, 0.2) is 24.5 Å². The van der Waals surface area contributed by atoms with Crippen molar-refractivity contribution in [2.75, 3.05) is 6.61 Å². The number of aliphatic hydroxyl groups is 1. The number of nitrogens with zero attached hydrogens (tertiary/aromatic N) is 1. The summed E-state index contributed by atoms with van der Waals surface area (Å²) in [5.41, 5.74) is 0.220. The summed E-state index contributed by atoms with van der Waals surface area (Å²) in [5, 5.41) is 15.9.